The Morgan fingerprint density at radius 1 is 0.962 bits per heavy atom. The summed E-state index contributed by atoms with van der Waals surface area (Å²) in [6.07, 6.45) is 2.51. The molecule has 3 aliphatic rings. The van der Waals surface area contributed by atoms with E-state index >= 15 is 0 Å². The van der Waals surface area contributed by atoms with Crippen molar-refractivity contribution in [3.05, 3.63) is 29.3 Å². The van der Waals surface area contributed by atoms with Gasteiger partial charge in [-0.05, 0) is 43.4 Å². The molecule has 4 rings (SSSR count). The van der Waals surface area contributed by atoms with Gasteiger partial charge in [-0.3, -0.25) is 29.4 Å². The molecule has 26 heavy (non-hydrogen) atoms. The van der Waals surface area contributed by atoms with Crippen LogP contribution in [0.4, 0.5) is 5.69 Å². The van der Waals surface area contributed by atoms with Gasteiger partial charge in [0.2, 0.25) is 11.8 Å². The number of carbonyl (C=O) groups is 4. The van der Waals surface area contributed by atoms with Crippen LogP contribution in [0.2, 0.25) is 0 Å². The monoisotopic (exact) mass is 355 g/mol. The molecule has 0 aliphatic carbocycles. The molecule has 3 heterocycles. The predicted molar refractivity (Wildman–Crippen MR) is 93.7 cm³/mol. The van der Waals surface area contributed by atoms with Crippen molar-refractivity contribution in [2.75, 3.05) is 18.0 Å². The van der Waals surface area contributed by atoms with Crippen molar-refractivity contribution in [2.24, 2.45) is 5.92 Å². The van der Waals surface area contributed by atoms with E-state index in [9.17, 15) is 19.2 Å². The normalized spacial score (nSPS) is 24.1. The Bertz CT molecular complexity index is 811. The second-order valence-electron chi connectivity index (χ2n) is 7.35. The lowest BCUT2D eigenvalue weighted by atomic mass is 9.98. The van der Waals surface area contributed by atoms with Gasteiger partial charge in [0.05, 0.1) is 11.1 Å². The average molecular weight is 355 g/mol. The van der Waals surface area contributed by atoms with Gasteiger partial charge in [-0.25, -0.2) is 0 Å². The summed E-state index contributed by atoms with van der Waals surface area (Å²) in [5.74, 6) is -1.16. The number of benzene rings is 1. The number of carbonyl (C=O) groups excluding carboxylic acids is 4. The Hall–Kier alpha value is -2.70. The van der Waals surface area contributed by atoms with Crippen LogP contribution < -0.4 is 10.2 Å². The smallest absolute Gasteiger partial charge is 0.262 e. The maximum absolute atomic E-state index is 12.8. The lowest BCUT2D eigenvalue weighted by molar-refractivity contribution is -0.136. The topological polar surface area (TPSA) is 86.8 Å². The molecule has 0 spiro atoms. The number of piperidine rings is 2. The third-order valence-electron chi connectivity index (χ3n) is 5.57. The number of fused-ring (bicyclic) bond motifs is 1. The molecule has 1 aromatic carbocycles. The summed E-state index contributed by atoms with van der Waals surface area (Å²) in [7, 11) is 0. The minimum atomic E-state index is -0.917. The van der Waals surface area contributed by atoms with Gasteiger partial charge in [0, 0.05) is 25.2 Å². The number of anilines is 1. The van der Waals surface area contributed by atoms with Crippen LogP contribution in [-0.4, -0.2) is 47.7 Å². The van der Waals surface area contributed by atoms with Gasteiger partial charge in [0.1, 0.15) is 6.04 Å². The fourth-order valence-electron chi connectivity index (χ4n) is 3.92. The van der Waals surface area contributed by atoms with Gasteiger partial charge in [0.25, 0.3) is 11.8 Å². The van der Waals surface area contributed by atoms with Crippen molar-refractivity contribution in [1.29, 1.82) is 0 Å². The van der Waals surface area contributed by atoms with Crippen LogP contribution in [0.25, 0.3) is 0 Å². The van der Waals surface area contributed by atoms with Crippen LogP contribution in [0.15, 0.2) is 18.2 Å². The number of rotatable bonds is 2. The quantitative estimate of drug-likeness (QED) is 0.809. The molecule has 4 amide bonds. The first-order valence-corrected chi connectivity index (χ1v) is 9.06. The molecule has 2 saturated heterocycles. The highest BCUT2D eigenvalue weighted by molar-refractivity contribution is 6.23. The molecule has 0 bridgehead atoms. The molecule has 0 radical (unpaired) electrons. The van der Waals surface area contributed by atoms with Crippen molar-refractivity contribution in [2.45, 2.75) is 38.6 Å². The molecular weight excluding hydrogens is 334 g/mol. The van der Waals surface area contributed by atoms with E-state index in [2.05, 4.69) is 17.1 Å². The van der Waals surface area contributed by atoms with E-state index in [0.717, 1.165) is 36.5 Å². The Morgan fingerprint density at radius 3 is 2.35 bits per heavy atom. The minimum absolute atomic E-state index is 0.126. The Morgan fingerprint density at radius 2 is 1.65 bits per heavy atom. The molecule has 1 atom stereocenters. The van der Waals surface area contributed by atoms with Crippen molar-refractivity contribution in [3.8, 4) is 0 Å². The summed E-state index contributed by atoms with van der Waals surface area (Å²) in [5.41, 5.74) is 1.60. The first kappa shape index (κ1) is 16.8. The summed E-state index contributed by atoms with van der Waals surface area (Å²) in [5, 5.41) is 2.21. The summed E-state index contributed by atoms with van der Waals surface area (Å²) >= 11 is 0. The summed E-state index contributed by atoms with van der Waals surface area (Å²) in [6, 6.07) is 4.39. The third kappa shape index (κ3) is 2.67. The van der Waals surface area contributed by atoms with Crippen LogP contribution in [0.3, 0.4) is 0 Å². The second kappa shape index (κ2) is 6.23. The van der Waals surface area contributed by atoms with E-state index in [1.807, 2.05) is 6.07 Å². The number of hydrogen-bond acceptors (Lipinski definition) is 5. The first-order chi connectivity index (χ1) is 12.5. The fourth-order valence-corrected chi connectivity index (χ4v) is 3.92. The van der Waals surface area contributed by atoms with Gasteiger partial charge in [-0.1, -0.05) is 6.92 Å². The van der Waals surface area contributed by atoms with E-state index in [1.165, 1.54) is 0 Å². The van der Waals surface area contributed by atoms with Crippen molar-refractivity contribution >= 4 is 29.3 Å². The fraction of sp³-hybridized carbons (Fsp3) is 0.474. The van der Waals surface area contributed by atoms with Crippen LogP contribution >= 0.6 is 0 Å². The van der Waals surface area contributed by atoms with Gasteiger partial charge in [-0.15, -0.1) is 0 Å². The van der Waals surface area contributed by atoms with E-state index in [-0.39, 0.29) is 18.7 Å². The zero-order valence-corrected chi connectivity index (χ0v) is 14.7. The maximum atomic E-state index is 12.8. The van der Waals surface area contributed by atoms with E-state index in [0.29, 0.717) is 17.0 Å². The lowest BCUT2D eigenvalue weighted by Gasteiger charge is -2.32. The largest absolute Gasteiger partial charge is 0.371 e. The lowest BCUT2D eigenvalue weighted by Crippen LogP contribution is -2.54. The van der Waals surface area contributed by atoms with Gasteiger partial charge >= 0.3 is 0 Å². The molecule has 1 N–H and O–H groups in total. The summed E-state index contributed by atoms with van der Waals surface area (Å²) in [4.78, 5) is 52.2. The molecule has 0 aromatic heterocycles. The van der Waals surface area contributed by atoms with Gasteiger partial charge in [0.15, 0.2) is 0 Å². The van der Waals surface area contributed by atoms with Crippen LogP contribution in [-0.2, 0) is 9.59 Å². The number of hydrogen-bond donors (Lipinski definition) is 1. The van der Waals surface area contributed by atoms with Crippen LogP contribution in [0.5, 0.6) is 0 Å². The molecule has 2 fully saturated rings. The molecule has 1 aromatic rings. The molecule has 1 unspecified atom stereocenters. The molecule has 136 valence electrons. The second-order valence-corrected chi connectivity index (χ2v) is 7.35. The van der Waals surface area contributed by atoms with Gasteiger partial charge < -0.3 is 4.90 Å². The van der Waals surface area contributed by atoms with Gasteiger partial charge in [-0.2, -0.15) is 0 Å². The van der Waals surface area contributed by atoms with Crippen molar-refractivity contribution in [3.63, 3.8) is 0 Å². The zero-order chi connectivity index (χ0) is 18.4. The number of imide groups is 2. The summed E-state index contributed by atoms with van der Waals surface area (Å²) < 4.78 is 0. The first-order valence-electron chi connectivity index (χ1n) is 9.06. The molecule has 3 aliphatic heterocycles. The van der Waals surface area contributed by atoms with Crippen molar-refractivity contribution < 1.29 is 19.2 Å². The van der Waals surface area contributed by atoms with E-state index in [1.54, 1.807) is 12.1 Å². The van der Waals surface area contributed by atoms with E-state index in [4.69, 9.17) is 0 Å². The Kier molecular flexibility index (Phi) is 4.01. The number of nitrogens with zero attached hydrogens (tertiary/aromatic N) is 2. The summed E-state index contributed by atoms with van der Waals surface area (Å²) in [6.45, 7) is 4.10. The highest BCUT2D eigenvalue weighted by Gasteiger charge is 2.44. The third-order valence-corrected chi connectivity index (χ3v) is 5.57. The number of nitrogens with one attached hydrogen (secondary N) is 1. The highest BCUT2D eigenvalue weighted by Crippen LogP contribution is 2.32. The van der Waals surface area contributed by atoms with Crippen molar-refractivity contribution in [1.82, 2.24) is 10.2 Å². The number of amides is 4. The SMILES string of the molecule is CC1CCN(c2ccc3c(c2)C(=O)N(C2CCC(=O)NC2=O)C3=O)CC1. The van der Waals surface area contributed by atoms with Crippen LogP contribution in [0, 0.1) is 5.92 Å². The molecule has 7 heteroatoms. The average Bonchev–Trinajstić information content (AvgIpc) is 2.87. The standard InChI is InChI=1S/C19H21N3O4/c1-11-6-8-21(9-7-11)12-2-3-13-14(10-12)19(26)22(18(13)25)15-4-5-16(23)20-17(15)24/h2-3,10-11,15H,4-9H2,1H3,(H,20,23,24). The Balaban J connectivity index is 1.60. The molecule has 7 nitrogen and oxygen atoms in total. The molecule has 0 saturated carbocycles. The van der Waals surface area contributed by atoms with Crippen LogP contribution in [0.1, 0.15) is 53.3 Å². The Labute approximate surface area is 151 Å². The minimum Gasteiger partial charge on any atom is -0.371 e. The molecular formula is C19H21N3O4. The zero-order valence-electron chi connectivity index (χ0n) is 14.7. The predicted octanol–water partition coefficient (Wildman–Crippen LogP) is 1.32. The highest BCUT2D eigenvalue weighted by atomic mass is 16.2. The maximum Gasteiger partial charge on any atom is 0.262 e. The van der Waals surface area contributed by atoms with E-state index < -0.39 is 23.8 Å².